The molecule has 1 amide bonds. The van der Waals surface area contributed by atoms with E-state index in [0.29, 0.717) is 5.56 Å². The second-order valence-corrected chi connectivity index (χ2v) is 9.59. The first-order chi connectivity index (χ1) is 15.2. The molecule has 0 aromatic heterocycles. The molecule has 0 spiro atoms. The molecular formula is C21H26N2O9S. The summed E-state index contributed by atoms with van der Waals surface area (Å²) < 4.78 is 40.6. The molecule has 0 fully saturated rings. The molecule has 11 nitrogen and oxygen atoms in total. The number of nitrogens with zero attached hydrogens (tertiary/aromatic N) is 2. The van der Waals surface area contributed by atoms with Crippen molar-refractivity contribution >= 4 is 21.9 Å². The van der Waals surface area contributed by atoms with E-state index in [-0.39, 0.29) is 28.6 Å². The molecule has 0 aliphatic heterocycles. The topological polar surface area (TPSA) is 146 Å². The third-order valence-corrected chi connectivity index (χ3v) is 5.54. The van der Waals surface area contributed by atoms with Crippen molar-refractivity contribution in [2.75, 3.05) is 20.7 Å². The minimum absolute atomic E-state index is 0.0482. The Labute approximate surface area is 191 Å². The van der Waals surface area contributed by atoms with E-state index >= 15 is 0 Å². The molecule has 0 bridgehead atoms. The maximum Gasteiger partial charge on any atom is 0.410 e. The molecule has 0 aliphatic carbocycles. The summed E-state index contributed by atoms with van der Waals surface area (Å²) in [5.41, 5.74) is -0.587. The van der Waals surface area contributed by atoms with Gasteiger partial charge in [-0.1, -0.05) is 12.1 Å². The number of aliphatic hydroxyl groups excluding tert-OH is 1. The Morgan fingerprint density at radius 1 is 1.18 bits per heavy atom. The highest BCUT2D eigenvalue weighted by atomic mass is 32.2. The number of aliphatic hydroxyl groups is 1. The Bertz CT molecular complexity index is 1110. The molecule has 2 aromatic rings. The first-order valence-electron chi connectivity index (χ1n) is 9.72. The number of nitro groups is 1. The van der Waals surface area contributed by atoms with E-state index in [9.17, 15) is 28.4 Å². The highest BCUT2D eigenvalue weighted by molar-refractivity contribution is 7.87. The Morgan fingerprint density at radius 2 is 1.79 bits per heavy atom. The predicted molar refractivity (Wildman–Crippen MR) is 118 cm³/mol. The number of hydrogen-bond acceptors (Lipinski definition) is 9. The molecule has 1 atom stereocenters. The number of likely N-dealkylation sites (N-methyl/N-ethyl adjacent to an activating group) is 1. The standard InChI is InChI=1S/C21H26N2O9S/c1-21(2,3)31-20(25)22(4)13-17(24)14-6-9-16(10-7-14)32-33(28,29)19-11-8-15(23(26)27)12-18(19)30-5/h6-12,17,24H,13H2,1-5H3. The zero-order valence-electron chi connectivity index (χ0n) is 18.8. The minimum atomic E-state index is -4.36. The molecular weight excluding hydrogens is 456 g/mol. The van der Waals surface area contributed by atoms with Crippen LogP contribution in [0.25, 0.3) is 0 Å². The van der Waals surface area contributed by atoms with Crippen LogP contribution in [0.4, 0.5) is 10.5 Å². The van der Waals surface area contributed by atoms with E-state index in [1.165, 1.54) is 43.3 Å². The summed E-state index contributed by atoms with van der Waals surface area (Å²) in [6.45, 7) is 5.14. The lowest BCUT2D eigenvalue weighted by Gasteiger charge is -2.26. The van der Waals surface area contributed by atoms with Crippen LogP contribution in [0, 0.1) is 10.1 Å². The molecule has 0 aliphatic rings. The van der Waals surface area contributed by atoms with Gasteiger partial charge in [0.1, 0.15) is 22.0 Å². The van der Waals surface area contributed by atoms with Gasteiger partial charge in [-0.2, -0.15) is 8.42 Å². The lowest BCUT2D eigenvalue weighted by Crippen LogP contribution is -2.36. The minimum Gasteiger partial charge on any atom is -0.495 e. The van der Waals surface area contributed by atoms with Crippen molar-refractivity contribution in [3.05, 3.63) is 58.1 Å². The van der Waals surface area contributed by atoms with E-state index in [1.807, 2.05) is 0 Å². The van der Waals surface area contributed by atoms with Gasteiger partial charge in [0.2, 0.25) is 0 Å². The number of nitro benzene ring substituents is 1. The van der Waals surface area contributed by atoms with Gasteiger partial charge in [0.25, 0.3) is 5.69 Å². The third-order valence-electron chi connectivity index (χ3n) is 4.25. The number of carbonyl (C=O) groups is 1. The number of non-ortho nitro benzene ring substituents is 1. The van der Waals surface area contributed by atoms with Crippen LogP contribution in [0.5, 0.6) is 11.5 Å². The lowest BCUT2D eigenvalue weighted by molar-refractivity contribution is -0.385. The number of rotatable bonds is 8. The van der Waals surface area contributed by atoms with Gasteiger partial charge in [-0.15, -0.1) is 0 Å². The highest BCUT2D eigenvalue weighted by Crippen LogP contribution is 2.31. The smallest absolute Gasteiger partial charge is 0.410 e. The average Bonchev–Trinajstić information content (AvgIpc) is 2.72. The summed E-state index contributed by atoms with van der Waals surface area (Å²) in [5, 5.41) is 21.3. The largest absolute Gasteiger partial charge is 0.495 e. The Balaban J connectivity index is 2.12. The maximum absolute atomic E-state index is 12.6. The zero-order chi connectivity index (χ0) is 25.0. The van der Waals surface area contributed by atoms with Crippen molar-refractivity contribution in [1.29, 1.82) is 0 Å². The van der Waals surface area contributed by atoms with Gasteiger partial charge < -0.3 is 23.7 Å². The normalized spacial score (nSPS) is 12.5. The fourth-order valence-corrected chi connectivity index (χ4v) is 3.75. The number of carbonyl (C=O) groups excluding carboxylic acids is 1. The van der Waals surface area contributed by atoms with Crippen molar-refractivity contribution in [3.8, 4) is 11.5 Å². The van der Waals surface area contributed by atoms with Crippen LogP contribution in [0.2, 0.25) is 0 Å². The van der Waals surface area contributed by atoms with Gasteiger partial charge in [-0.25, -0.2) is 4.79 Å². The second kappa shape index (κ2) is 10.0. The molecule has 0 heterocycles. The SMILES string of the molecule is COc1cc([N+](=O)[O-])ccc1S(=O)(=O)Oc1ccc(C(O)CN(C)C(=O)OC(C)(C)C)cc1. The first-order valence-corrected chi connectivity index (χ1v) is 11.1. The van der Waals surface area contributed by atoms with E-state index in [0.717, 1.165) is 18.2 Å². The van der Waals surface area contributed by atoms with Crippen molar-refractivity contribution in [1.82, 2.24) is 4.90 Å². The van der Waals surface area contributed by atoms with E-state index in [1.54, 1.807) is 20.8 Å². The van der Waals surface area contributed by atoms with E-state index < -0.39 is 32.8 Å². The molecule has 2 rings (SSSR count). The van der Waals surface area contributed by atoms with Gasteiger partial charge in [-0.05, 0) is 44.5 Å². The summed E-state index contributed by atoms with van der Waals surface area (Å²) >= 11 is 0. The second-order valence-electron chi connectivity index (χ2n) is 8.08. The highest BCUT2D eigenvalue weighted by Gasteiger charge is 2.25. The molecule has 33 heavy (non-hydrogen) atoms. The Hall–Kier alpha value is -3.38. The third kappa shape index (κ3) is 7.05. The van der Waals surface area contributed by atoms with Crippen LogP contribution >= 0.6 is 0 Å². The molecule has 0 radical (unpaired) electrons. The maximum atomic E-state index is 12.6. The lowest BCUT2D eigenvalue weighted by atomic mass is 10.1. The summed E-state index contributed by atoms with van der Waals surface area (Å²) in [5.74, 6) is -0.284. The Morgan fingerprint density at radius 3 is 2.30 bits per heavy atom. The predicted octanol–water partition coefficient (Wildman–Crippen LogP) is 3.27. The van der Waals surface area contributed by atoms with Gasteiger partial charge in [0.05, 0.1) is 30.7 Å². The van der Waals surface area contributed by atoms with Gasteiger partial charge in [-0.3, -0.25) is 10.1 Å². The molecule has 1 N–H and O–H groups in total. The summed E-state index contributed by atoms with van der Waals surface area (Å²) in [6.07, 6.45) is -1.65. The van der Waals surface area contributed by atoms with Crippen molar-refractivity contribution in [2.45, 2.75) is 37.4 Å². The number of amides is 1. The van der Waals surface area contributed by atoms with Crippen molar-refractivity contribution < 1.29 is 36.9 Å². The van der Waals surface area contributed by atoms with Crippen molar-refractivity contribution in [2.24, 2.45) is 0 Å². The Kier molecular flexibility index (Phi) is 7.88. The fourth-order valence-electron chi connectivity index (χ4n) is 2.67. The number of hydrogen-bond donors (Lipinski definition) is 1. The summed E-state index contributed by atoms with van der Waals surface area (Å²) in [4.78, 5) is 23.1. The van der Waals surface area contributed by atoms with Crippen molar-refractivity contribution in [3.63, 3.8) is 0 Å². The molecule has 12 heteroatoms. The molecule has 1 unspecified atom stereocenters. The molecule has 0 saturated heterocycles. The summed E-state index contributed by atoms with van der Waals surface area (Å²) in [6, 6.07) is 8.60. The first kappa shape index (κ1) is 25.9. The monoisotopic (exact) mass is 482 g/mol. The van der Waals surface area contributed by atoms with Crippen LogP contribution in [0.1, 0.15) is 32.4 Å². The van der Waals surface area contributed by atoms with Crippen LogP contribution in [0.15, 0.2) is 47.4 Å². The van der Waals surface area contributed by atoms with Crippen LogP contribution in [-0.4, -0.2) is 55.7 Å². The number of ether oxygens (including phenoxy) is 2. The van der Waals surface area contributed by atoms with E-state index in [4.69, 9.17) is 13.7 Å². The molecule has 0 saturated carbocycles. The quantitative estimate of drug-likeness (QED) is 0.340. The number of methoxy groups -OCH3 is 1. The van der Waals surface area contributed by atoms with Crippen LogP contribution in [-0.2, 0) is 14.9 Å². The average molecular weight is 483 g/mol. The molecule has 2 aromatic carbocycles. The summed E-state index contributed by atoms with van der Waals surface area (Å²) in [7, 11) is -1.69. The van der Waals surface area contributed by atoms with Gasteiger partial charge in [0.15, 0.2) is 0 Å². The van der Waals surface area contributed by atoms with Crippen LogP contribution in [0.3, 0.4) is 0 Å². The van der Waals surface area contributed by atoms with Gasteiger partial charge >= 0.3 is 16.2 Å². The number of benzene rings is 2. The molecule has 180 valence electrons. The van der Waals surface area contributed by atoms with E-state index in [2.05, 4.69) is 0 Å². The van der Waals surface area contributed by atoms with Crippen LogP contribution < -0.4 is 8.92 Å². The zero-order valence-corrected chi connectivity index (χ0v) is 19.7. The fraction of sp³-hybridized carbons (Fsp3) is 0.381. The van der Waals surface area contributed by atoms with Gasteiger partial charge in [0, 0.05) is 13.1 Å².